The first-order valence-corrected chi connectivity index (χ1v) is 11.8. The van der Waals surface area contributed by atoms with Crippen LogP contribution in [-0.4, -0.2) is 76.5 Å². The van der Waals surface area contributed by atoms with Gasteiger partial charge in [0.05, 0.1) is 12.1 Å². The predicted molar refractivity (Wildman–Crippen MR) is 118 cm³/mol. The Balaban J connectivity index is 0.000000169. The van der Waals surface area contributed by atoms with Gasteiger partial charge in [0.15, 0.2) is 11.6 Å². The highest BCUT2D eigenvalue weighted by Gasteiger charge is 2.62. The van der Waals surface area contributed by atoms with E-state index in [4.69, 9.17) is 34.3 Å². The Bertz CT molecular complexity index is 878. The van der Waals surface area contributed by atoms with E-state index in [1.54, 1.807) is 0 Å². The number of fused-ring (bicyclic) bond motifs is 6. The van der Waals surface area contributed by atoms with Crippen LogP contribution in [0.15, 0.2) is 30.3 Å². The van der Waals surface area contributed by atoms with Crippen molar-refractivity contribution < 1.29 is 38.4 Å². The molecular weight excluding hydrogens is 444 g/mol. The summed E-state index contributed by atoms with van der Waals surface area (Å²) >= 11 is 0. The molecule has 6 rings (SSSR count). The topological polar surface area (TPSA) is 122 Å². The minimum absolute atomic E-state index is 0.0909. The third-order valence-corrected chi connectivity index (χ3v) is 6.80. The maximum absolute atomic E-state index is 12.2. The highest BCUT2D eigenvalue weighted by atomic mass is 16.8. The number of carbonyl (C=O) groups excluding carboxylic acids is 1. The number of hydroxylamine groups is 2. The number of benzene rings is 1. The van der Waals surface area contributed by atoms with E-state index in [1.807, 2.05) is 58.0 Å². The van der Waals surface area contributed by atoms with Gasteiger partial charge in [0.25, 0.3) is 0 Å². The molecule has 188 valence electrons. The van der Waals surface area contributed by atoms with Crippen LogP contribution in [0, 0.1) is 0 Å². The monoisotopic (exact) mass is 478 g/mol. The van der Waals surface area contributed by atoms with Crippen molar-refractivity contribution >= 4 is 6.09 Å². The lowest BCUT2D eigenvalue weighted by Crippen LogP contribution is -2.49. The van der Waals surface area contributed by atoms with E-state index >= 15 is 0 Å². The van der Waals surface area contributed by atoms with Gasteiger partial charge in [0.2, 0.25) is 0 Å². The van der Waals surface area contributed by atoms with Crippen molar-refractivity contribution in [1.82, 2.24) is 5.06 Å². The summed E-state index contributed by atoms with van der Waals surface area (Å²) in [5, 5.41) is 10.8. The van der Waals surface area contributed by atoms with Gasteiger partial charge in [0.1, 0.15) is 37.1 Å². The quantitative estimate of drug-likeness (QED) is 0.655. The molecule has 2 saturated carbocycles. The molecule has 2 bridgehead atoms. The molecule has 2 aliphatic carbocycles. The zero-order chi connectivity index (χ0) is 24.3. The molecule has 5 fully saturated rings. The fourth-order valence-corrected chi connectivity index (χ4v) is 5.42. The summed E-state index contributed by atoms with van der Waals surface area (Å²) in [6.07, 6.45) is -0.366. The van der Waals surface area contributed by atoms with E-state index in [-0.39, 0.29) is 49.2 Å². The molecule has 1 aromatic carbocycles. The van der Waals surface area contributed by atoms with E-state index < -0.39 is 23.8 Å². The maximum atomic E-state index is 12.2. The number of hydrogen-bond donors (Lipinski definition) is 2. The summed E-state index contributed by atoms with van der Waals surface area (Å²) < 4.78 is 28.1. The number of carbonyl (C=O) groups is 1. The van der Waals surface area contributed by atoms with Crippen LogP contribution < -0.4 is 5.73 Å². The molecule has 0 spiro atoms. The fourth-order valence-electron chi connectivity index (χ4n) is 5.42. The van der Waals surface area contributed by atoms with Gasteiger partial charge in [-0.2, -0.15) is 5.06 Å². The number of aliphatic hydroxyl groups excluding tert-OH is 1. The Morgan fingerprint density at radius 3 is 2.29 bits per heavy atom. The highest BCUT2D eigenvalue weighted by Crippen LogP contribution is 2.46. The first-order chi connectivity index (χ1) is 16.0. The molecule has 3 aliphatic heterocycles. The number of nitrogens with two attached hydrogens (primary N) is 1. The second-order valence-electron chi connectivity index (χ2n) is 10.4. The fraction of sp³-hybridized carbons (Fsp3) is 0.708. The Hall–Kier alpha value is -1.79. The smallest absolute Gasteiger partial charge is 0.434 e. The molecule has 0 aromatic heterocycles. The van der Waals surface area contributed by atoms with Gasteiger partial charge >= 0.3 is 6.09 Å². The van der Waals surface area contributed by atoms with E-state index in [2.05, 4.69) is 0 Å². The van der Waals surface area contributed by atoms with Crippen LogP contribution in [0.3, 0.4) is 0 Å². The third-order valence-electron chi connectivity index (χ3n) is 6.80. The molecular formula is C24H34N2O8. The van der Waals surface area contributed by atoms with Crippen molar-refractivity contribution in [2.75, 3.05) is 0 Å². The zero-order valence-electron chi connectivity index (χ0n) is 20.0. The Labute approximate surface area is 199 Å². The third kappa shape index (κ3) is 4.56. The Kier molecular flexibility index (Phi) is 6.12. The lowest BCUT2D eigenvalue weighted by atomic mass is 10.2. The van der Waals surface area contributed by atoms with Crippen LogP contribution >= 0.6 is 0 Å². The maximum Gasteiger partial charge on any atom is 0.434 e. The number of rotatable bonds is 2. The molecule has 4 unspecified atom stereocenters. The molecule has 1 aromatic rings. The standard InChI is InChI=1S/C16H19NO5.C8H15NO3/c1-16(2)20-13-11-8-12(14(13)21-16)22-17(11)15(18)19-9-10-6-4-3-5-7-10;1-8(2)11-6-4(9)3-5(10)7(6)12-8/h3-7,11-14H,8-9H2,1-2H3;4-7,10H,3,9H2,1-2H3/t11?,12?,13?,14-;4-,5+,6?,7-/m11/s1. The highest BCUT2D eigenvalue weighted by molar-refractivity contribution is 5.67. The van der Waals surface area contributed by atoms with Gasteiger partial charge in [-0.3, -0.25) is 4.84 Å². The second-order valence-corrected chi connectivity index (χ2v) is 10.4. The largest absolute Gasteiger partial charge is 0.443 e. The molecule has 5 aliphatic rings. The van der Waals surface area contributed by atoms with Crippen LogP contribution in [0.4, 0.5) is 4.79 Å². The molecule has 1 amide bonds. The molecule has 3 N–H and O–H groups in total. The summed E-state index contributed by atoms with van der Waals surface area (Å²) in [4.78, 5) is 17.9. The van der Waals surface area contributed by atoms with Crippen molar-refractivity contribution in [2.24, 2.45) is 5.73 Å². The van der Waals surface area contributed by atoms with Gasteiger partial charge in [0, 0.05) is 12.5 Å². The van der Waals surface area contributed by atoms with Crippen molar-refractivity contribution in [3.8, 4) is 0 Å². The van der Waals surface area contributed by atoms with Crippen LogP contribution in [-0.2, 0) is 35.1 Å². The van der Waals surface area contributed by atoms with Gasteiger partial charge in [-0.25, -0.2) is 4.79 Å². The summed E-state index contributed by atoms with van der Waals surface area (Å²) in [5.41, 5.74) is 6.71. The van der Waals surface area contributed by atoms with Crippen molar-refractivity contribution in [2.45, 2.75) is 107 Å². The summed E-state index contributed by atoms with van der Waals surface area (Å²) in [5.74, 6) is -1.21. The van der Waals surface area contributed by atoms with Crippen LogP contribution in [0.1, 0.15) is 46.1 Å². The van der Waals surface area contributed by atoms with E-state index in [1.165, 1.54) is 5.06 Å². The first-order valence-electron chi connectivity index (χ1n) is 11.8. The average molecular weight is 479 g/mol. The Morgan fingerprint density at radius 1 is 1.00 bits per heavy atom. The number of hydrogen-bond acceptors (Lipinski definition) is 9. The van der Waals surface area contributed by atoms with Gasteiger partial charge in [-0.1, -0.05) is 30.3 Å². The molecule has 3 heterocycles. The summed E-state index contributed by atoms with van der Waals surface area (Å²) in [7, 11) is 0. The SMILES string of the molecule is CC1(C)OC2C3CC(ON3C(=O)OCc3ccccc3)[C@H]2O1.CC1(C)OC2[C@H](N)C[C@H](O)[C@H]2O1. The van der Waals surface area contributed by atoms with E-state index in [9.17, 15) is 9.90 Å². The molecule has 3 saturated heterocycles. The normalized spacial score (nSPS) is 40.5. The van der Waals surface area contributed by atoms with Crippen LogP contribution in [0.2, 0.25) is 0 Å². The van der Waals surface area contributed by atoms with E-state index in [0.29, 0.717) is 6.42 Å². The number of aliphatic hydroxyl groups is 1. The molecule has 34 heavy (non-hydrogen) atoms. The lowest BCUT2D eigenvalue weighted by molar-refractivity contribution is -0.202. The number of ether oxygens (including phenoxy) is 5. The lowest BCUT2D eigenvalue weighted by Gasteiger charge is -2.30. The predicted octanol–water partition coefficient (Wildman–Crippen LogP) is 1.83. The molecule has 0 radical (unpaired) electrons. The zero-order valence-corrected chi connectivity index (χ0v) is 20.0. The second kappa shape index (κ2) is 8.70. The average Bonchev–Trinajstić information content (AvgIpc) is 3.54. The van der Waals surface area contributed by atoms with Crippen LogP contribution in [0.25, 0.3) is 0 Å². The van der Waals surface area contributed by atoms with Crippen molar-refractivity contribution in [3.05, 3.63) is 35.9 Å². The van der Waals surface area contributed by atoms with Crippen LogP contribution in [0.5, 0.6) is 0 Å². The van der Waals surface area contributed by atoms with E-state index in [0.717, 1.165) is 12.0 Å². The first kappa shape index (κ1) is 23.9. The van der Waals surface area contributed by atoms with Gasteiger partial charge in [-0.15, -0.1) is 0 Å². The van der Waals surface area contributed by atoms with Crippen molar-refractivity contribution in [3.63, 3.8) is 0 Å². The van der Waals surface area contributed by atoms with Gasteiger partial charge in [-0.05, 0) is 39.7 Å². The number of nitrogens with zero attached hydrogens (tertiary/aromatic N) is 1. The molecule has 10 heteroatoms. The summed E-state index contributed by atoms with van der Waals surface area (Å²) in [6, 6.07) is 9.34. The minimum Gasteiger partial charge on any atom is -0.443 e. The number of amides is 1. The van der Waals surface area contributed by atoms with Crippen molar-refractivity contribution in [1.29, 1.82) is 0 Å². The Morgan fingerprint density at radius 2 is 1.62 bits per heavy atom. The van der Waals surface area contributed by atoms with Gasteiger partial charge < -0.3 is 34.5 Å². The minimum atomic E-state index is -0.625. The molecule has 8 atom stereocenters. The molecule has 10 nitrogen and oxygen atoms in total. The summed E-state index contributed by atoms with van der Waals surface area (Å²) in [6.45, 7) is 7.66.